The lowest BCUT2D eigenvalue weighted by Crippen LogP contribution is -2.24. The SMILES string of the molecule is CCNC(Cc1cnccc1N)c1ncc(Br)cc1Br. The number of likely N-dealkylation sites (N-methyl/N-ethyl adjacent to an activating group) is 1. The van der Waals surface area contributed by atoms with Crippen molar-refractivity contribution >= 4 is 37.5 Å². The number of nitrogens with one attached hydrogen (secondary N) is 1. The van der Waals surface area contributed by atoms with Crippen LogP contribution in [0.25, 0.3) is 0 Å². The molecule has 0 spiro atoms. The van der Waals surface area contributed by atoms with Crippen LogP contribution in [0.4, 0.5) is 5.69 Å². The lowest BCUT2D eigenvalue weighted by atomic mass is 10.0. The topological polar surface area (TPSA) is 63.8 Å². The molecule has 2 aromatic heterocycles. The Labute approximate surface area is 135 Å². The third-order valence-electron chi connectivity index (χ3n) is 2.98. The van der Waals surface area contributed by atoms with E-state index in [4.69, 9.17) is 5.73 Å². The summed E-state index contributed by atoms with van der Waals surface area (Å²) < 4.78 is 1.92. The van der Waals surface area contributed by atoms with Crippen molar-refractivity contribution in [1.29, 1.82) is 0 Å². The quantitative estimate of drug-likeness (QED) is 0.807. The van der Waals surface area contributed by atoms with Crippen LogP contribution in [0.2, 0.25) is 0 Å². The van der Waals surface area contributed by atoms with Gasteiger partial charge < -0.3 is 11.1 Å². The van der Waals surface area contributed by atoms with Gasteiger partial charge >= 0.3 is 0 Å². The van der Waals surface area contributed by atoms with E-state index < -0.39 is 0 Å². The minimum atomic E-state index is 0.0916. The number of aromatic nitrogens is 2. The predicted molar refractivity (Wildman–Crippen MR) is 88.4 cm³/mol. The lowest BCUT2D eigenvalue weighted by molar-refractivity contribution is 0.534. The van der Waals surface area contributed by atoms with E-state index in [1.54, 1.807) is 12.4 Å². The van der Waals surface area contributed by atoms with Gasteiger partial charge in [0.25, 0.3) is 0 Å². The number of pyridine rings is 2. The third-order valence-corrected chi connectivity index (χ3v) is 4.05. The molecule has 20 heavy (non-hydrogen) atoms. The molecule has 0 aliphatic heterocycles. The Balaban J connectivity index is 2.29. The van der Waals surface area contributed by atoms with Crippen molar-refractivity contribution in [2.24, 2.45) is 0 Å². The summed E-state index contributed by atoms with van der Waals surface area (Å²) in [5, 5.41) is 3.44. The zero-order valence-electron chi connectivity index (χ0n) is 11.1. The van der Waals surface area contributed by atoms with Gasteiger partial charge in [-0.15, -0.1) is 0 Å². The number of anilines is 1. The number of nitrogens with two attached hydrogens (primary N) is 1. The second kappa shape index (κ2) is 7.15. The van der Waals surface area contributed by atoms with Crippen LogP contribution in [0.3, 0.4) is 0 Å². The van der Waals surface area contributed by atoms with Crippen molar-refractivity contribution in [2.45, 2.75) is 19.4 Å². The molecule has 0 fully saturated rings. The van der Waals surface area contributed by atoms with Gasteiger partial charge in [0.2, 0.25) is 0 Å². The van der Waals surface area contributed by atoms with Gasteiger partial charge in [0.05, 0.1) is 11.7 Å². The summed E-state index contributed by atoms with van der Waals surface area (Å²) in [5.74, 6) is 0. The van der Waals surface area contributed by atoms with Crippen LogP contribution in [0.5, 0.6) is 0 Å². The second-order valence-corrected chi connectivity index (χ2v) is 6.18. The van der Waals surface area contributed by atoms with Crippen molar-refractivity contribution in [3.63, 3.8) is 0 Å². The summed E-state index contributed by atoms with van der Waals surface area (Å²) in [4.78, 5) is 8.65. The number of hydrogen-bond acceptors (Lipinski definition) is 4. The maximum Gasteiger partial charge on any atom is 0.0719 e. The minimum Gasteiger partial charge on any atom is -0.398 e. The molecule has 0 aliphatic rings. The molecule has 0 saturated carbocycles. The largest absolute Gasteiger partial charge is 0.398 e. The monoisotopic (exact) mass is 398 g/mol. The Kier molecular flexibility index (Phi) is 5.51. The fourth-order valence-corrected chi connectivity index (χ4v) is 3.29. The molecule has 3 N–H and O–H groups in total. The van der Waals surface area contributed by atoms with Crippen LogP contribution in [0.1, 0.15) is 24.2 Å². The Morgan fingerprint density at radius 1 is 1.35 bits per heavy atom. The lowest BCUT2D eigenvalue weighted by Gasteiger charge is -2.19. The van der Waals surface area contributed by atoms with Gasteiger partial charge in [-0.3, -0.25) is 9.97 Å². The predicted octanol–water partition coefficient (Wildman–Crippen LogP) is 3.48. The van der Waals surface area contributed by atoms with E-state index in [0.29, 0.717) is 0 Å². The van der Waals surface area contributed by atoms with Gasteiger partial charge in [-0.25, -0.2) is 0 Å². The standard InChI is InChI=1S/C14H16Br2N4/c1-2-19-13(5-9-7-18-4-3-12(9)17)14-11(16)6-10(15)8-20-14/h3-4,6-8,13,19H,2,5H2,1H3,(H2,17,18). The molecule has 1 atom stereocenters. The average molecular weight is 400 g/mol. The highest BCUT2D eigenvalue weighted by atomic mass is 79.9. The summed E-state index contributed by atoms with van der Waals surface area (Å²) in [6.45, 7) is 2.93. The van der Waals surface area contributed by atoms with E-state index in [1.807, 2.05) is 18.3 Å². The molecule has 4 nitrogen and oxygen atoms in total. The van der Waals surface area contributed by atoms with Gasteiger partial charge in [0, 0.05) is 33.2 Å². The molecule has 0 aromatic carbocycles. The van der Waals surface area contributed by atoms with E-state index in [2.05, 4.69) is 54.1 Å². The fraction of sp³-hybridized carbons (Fsp3) is 0.286. The molecule has 106 valence electrons. The van der Waals surface area contributed by atoms with Crippen LogP contribution in [0.15, 0.2) is 39.7 Å². The summed E-state index contributed by atoms with van der Waals surface area (Å²) in [6.07, 6.45) is 6.07. The number of halogens is 2. The first kappa shape index (κ1) is 15.4. The van der Waals surface area contributed by atoms with E-state index in [9.17, 15) is 0 Å². The molecule has 2 heterocycles. The van der Waals surface area contributed by atoms with Crippen molar-refractivity contribution in [3.8, 4) is 0 Å². The molecule has 1 unspecified atom stereocenters. The van der Waals surface area contributed by atoms with Crippen LogP contribution in [0, 0.1) is 0 Å². The molecule has 0 radical (unpaired) electrons. The molecule has 2 rings (SSSR count). The van der Waals surface area contributed by atoms with E-state index in [1.165, 1.54) is 0 Å². The zero-order valence-corrected chi connectivity index (χ0v) is 14.3. The number of nitrogen functional groups attached to an aromatic ring is 1. The fourth-order valence-electron chi connectivity index (χ4n) is 2.02. The first-order valence-corrected chi connectivity index (χ1v) is 7.93. The summed E-state index contributed by atoms with van der Waals surface area (Å²) in [7, 11) is 0. The van der Waals surface area contributed by atoms with Gasteiger partial charge in [0.1, 0.15) is 0 Å². The van der Waals surface area contributed by atoms with Crippen molar-refractivity contribution in [2.75, 3.05) is 12.3 Å². The van der Waals surface area contributed by atoms with Gasteiger partial charge in [-0.2, -0.15) is 0 Å². The van der Waals surface area contributed by atoms with Gasteiger partial charge in [0.15, 0.2) is 0 Å². The van der Waals surface area contributed by atoms with Crippen LogP contribution in [-0.2, 0) is 6.42 Å². The molecule has 2 aromatic rings. The van der Waals surface area contributed by atoms with Crippen LogP contribution in [-0.4, -0.2) is 16.5 Å². The Morgan fingerprint density at radius 3 is 2.80 bits per heavy atom. The summed E-state index contributed by atoms with van der Waals surface area (Å²) in [6, 6.07) is 3.91. The van der Waals surface area contributed by atoms with Crippen LogP contribution < -0.4 is 11.1 Å². The highest BCUT2D eigenvalue weighted by molar-refractivity contribution is 9.11. The van der Waals surface area contributed by atoms with Crippen molar-refractivity contribution in [1.82, 2.24) is 15.3 Å². The minimum absolute atomic E-state index is 0.0916. The smallest absolute Gasteiger partial charge is 0.0719 e. The molecule has 0 aliphatic carbocycles. The summed E-state index contributed by atoms with van der Waals surface area (Å²) >= 11 is 6.99. The molecule has 0 saturated heterocycles. The Hall–Kier alpha value is -0.980. The van der Waals surface area contributed by atoms with Crippen LogP contribution >= 0.6 is 31.9 Å². The molecule has 6 heteroatoms. The van der Waals surface area contributed by atoms with Gasteiger partial charge in [-0.05, 0) is 62.5 Å². The Morgan fingerprint density at radius 2 is 2.15 bits per heavy atom. The van der Waals surface area contributed by atoms with Gasteiger partial charge in [-0.1, -0.05) is 6.92 Å². The maximum atomic E-state index is 6.00. The third kappa shape index (κ3) is 3.77. The van der Waals surface area contributed by atoms with Crippen molar-refractivity contribution < 1.29 is 0 Å². The first-order chi connectivity index (χ1) is 9.61. The van der Waals surface area contributed by atoms with E-state index in [-0.39, 0.29) is 6.04 Å². The molecule has 0 bridgehead atoms. The second-order valence-electron chi connectivity index (χ2n) is 4.41. The highest BCUT2D eigenvalue weighted by Gasteiger charge is 2.17. The van der Waals surface area contributed by atoms with E-state index >= 15 is 0 Å². The number of rotatable bonds is 5. The van der Waals surface area contributed by atoms with E-state index in [0.717, 1.165) is 38.9 Å². The normalized spacial score (nSPS) is 12.3. The zero-order chi connectivity index (χ0) is 14.5. The molecular weight excluding hydrogens is 384 g/mol. The van der Waals surface area contributed by atoms with Crippen molar-refractivity contribution in [3.05, 3.63) is 50.9 Å². The summed E-state index contributed by atoms with van der Waals surface area (Å²) in [5.41, 5.74) is 8.75. The molecular formula is C14H16Br2N4. The number of nitrogens with zero attached hydrogens (tertiary/aromatic N) is 2. The molecule has 0 amide bonds. The highest BCUT2D eigenvalue weighted by Crippen LogP contribution is 2.27. The average Bonchev–Trinajstić information content (AvgIpc) is 2.41. The first-order valence-electron chi connectivity index (χ1n) is 6.34. The number of hydrogen-bond donors (Lipinski definition) is 2. The Bertz CT molecular complexity index is 589. The maximum absolute atomic E-state index is 6.00.